The second-order valence-corrected chi connectivity index (χ2v) is 3.85. The lowest BCUT2D eigenvalue weighted by Crippen LogP contribution is -2.24. The van der Waals surface area contributed by atoms with E-state index in [1.165, 1.54) is 0 Å². The highest BCUT2D eigenvalue weighted by Gasteiger charge is 2.10. The molecule has 3 heteroatoms. The largest absolute Gasteiger partial charge is 0.389 e. The van der Waals surface area contributed by atoms with Crippen molar-refractivity contribution in [3.63, 3.8) is 0 Å². The lowest BCUT2D eigenvalue weighted by Gasteiger charge is -2.23. The van der Waals surface area contributed by atoms with Crippen molar-refractivity contribution in [1.29, 1.82) is 0 Å². The number of likely N-dealkylation sites (N-methyl/N-ethyl adjacent to an activating group) is 1. The first-order valence-corrected chi connectivity index (χ1v) is 5.72. The lowest BCUT2D eigenvalue weighted by atomic mass is 10.1. The molecule has 0 aromatic heterocycles. The summed E-state index contributed by atoms with van der Waals surface area (Å²) in [4.78, 5) is 2.11. The van der Waals surface area contributed by atoms with Crippen molar-refractivity contribution in [2.75, 3.05) is 31.7 Å². The van der Waals surface area contributed by atoms with Gasteiger partial charge in [-0.15, -0.1) is 0 Å². The molecule has 0 saturated carbocycles. The third-order valence-corrected chi connectivity index (χ3v) is 2.57. The monoisotopic (exact) mass is 223 g/mol. The Hall–Kier alpha value is -1.06. The molecule has 1 rings (SSSR count). The molecular formula is C13H21NO2. The van der Waals surface area contributed by atoms with Gasteiger partial charge in [-0.2, -0.15) is 0 Å². The average Bonchev–Trinajstić information content (AvgIpc) is 2.29. The van der Waals surface area contributed by atoms with E-state index in [-0.39, 0.29) is 0 Å². The molecule has 0 amide bonds. The van der Waals surface area contributed by atoms with Crippen LogP contribution in [-0.2, 0) is 4.74 Å². The Morgan fingerprint density at radius 3 is 2.69 bits per heavy atom. The molecular weight excluding hydrogens is 202 g/mol. The van der Waals surface area contributed by atoms with E-state index in [0.29, 0.717) is 6.61 Å². The summed E-state index contributed by atoms with van der Waals surface area (Å²) in [5.74, 6) is 0. The summed E-state index contributed by atoms with van der Waals surface area (Å²) in [5, 5.41) is 9.67. The predicted molar refractivity (Wildman–Crippen MR) is 66.8 cm³/mol. The van der Waals surface area contributed by atoms with E-state index in [1.807, 2.05) is 38.2 Å². The first kappa shape index (κ1) is 13.0. The molecule has 0 spiro atoms. The number of nitrogens with zero attached hydrogens (tertiary/aromatic N) is 1. The van der Waals surface area contributed by atoms with E-state index in [0.717, 1.165) is 24.4 Å². The van der Waals surface area contributed by atoms with E-state index in [2.05, 4.69) is 4.90 Å². The van der Waals surface area contributed by atoms with Gasteiger partial charge in [0.15, 0.2) is 0 Å². The number of hydrogen-bond acceptors (Lipinski definition) is 3. The summed E-state index contributed by atoms with van der Waals surface area (Å²) in [5.41, 5.74) is 2.03. The molecule has 1 N–H and O–H groups in total. The number of ether oxygens (including phenoxy) is 1. The maximum absolute atomic E-state index is 9.67. The molecule has 3 nitrogen and oxygen atoms in total. The van der Waals surface area contributed by atoms with Gasteiger partial charge in [0.25, 0.3) is 0 Å². The van der Waals surface area contributed by atoms with Gasteiger partial charge in [-0.25, -0.2) is 0 Å². The van der Waals surface area contributed by atoms with E-state index in [4.69, 9.17) is 4.74 Å². The van der Waals surface area contributed by atoms with Crippen molar-refractivity contribution in [1.82, 2.24) is 0 Å². The molecule has 0 heterocycles. The second-order valence-electron chi connectivity index (χ2n) is 3.85. The topological polar surface area (TPSA) is 32.7 Å². The molecule has 1 atom stereocenters. The minimum absolute atomic E-state index is 0.439. The molecule has 0 bridgehead atoms. The SMILES string of the molecule is CCOCCN(C)c1ccccc1[C@@H](C)O. The Morgan fingerprint density at radius 2 is 2.06 bits per heavy atom. The Morgan fingerprint density at radius 1 is 1.38 bits per heavy atom. The van der Waals surface area contributed by atoms with Crippen LogP contribution >= 0.6 is 0 Å². The van der Waals surface area contributed by atoms with Crippen LogP contribution in [0.15, 0.2) is 24.3 Å². The highest BCUT2D eigenvalue weighted by atomic mass is 16.5. The Balaban J connectivity index is 2.70. The van der Waals surface area contributed by atoms with Crippen LogP contribution < -0.4 is 4.90 Å². The molecule has 0 radical (unpaired) electrons. The Kier molecular flexibility index (Phi) is 5.29. The van der Waals surface area contributed by atoms with Crippen molar-refractivity contribution in [3.8, 4) is 0 Å². The maximum atomic E-state index is 9.67. The smallest absolute Gasteiger partial charge is 0.0781 e. The van der Waals surface area contributed by atoms with Crippen LogP contribution in [0.3, 0.4) is 0 Å². The van der Waals surface area contributed by atoms with Gasteiger partial charge in [-0.3, -0.25) is 0 Å². The highest BCUT2D eigenvalue weighted by Crippen LogP contribution is 2.24. The fraction of sp³-hybridized carbons (Fsp3) is 0.538. The van der Waals surface area contributed by atoms with Gasteiger partial charge in [0.1, 0.15) is 0 Å². The number of aliphatic hydroxyl groups is 1. The third kappa shape index (κ3) is 3.51. The zero-order chi connectivity index (χ0) is 12.0. The summed E-state index contributed by atoms with van der Waals surface area (Å²) in [6.45, 7) is 6.06. The molecule has 1 aromatic rings. The molecule has 0 aliphatic heterocycles. The van der Waals surface area contributed by atoms with Gasteiger partial charge in [0, 0.05) is 31.5 Å². The second kappa shape index (κ2) is 6.51. The number of hydrogen-bond donors (Lipinski definition) is 1. The zero-order valence-corrected chi connectivity index (χ0v) is 10.3. The number of rotatable bonds is 6. The molecule has 0 aliphatic carbocycles. The van der Waals surface area contributed by atoms with Crippen LogP contribution in [0, 0.1) is 0 Å². The normalized spacial score (nSPS) is 12.5. The van der Waals surface area contributed by atoms with Crippen molar-refractivity contribution in [2.45, 2.75) is 20.0 Å². The van der Waals surface area contributed by atoms with Crippen molar-refractivity contribution in [3.05, 3.63) is 29.8 Å². The zero-order valence-electron chi connectivity index (χ0n) is 10.3. The summed E-state index contributed by atoms with van der Waals surface area (Å²) in [6.07, 6.45) is -0.439. The first-order valence-electron chi connectivity index (χ1n) is 5.72. The number of aliphatic hydroxyl groups excluding tert-OH is 1. The minimum atomic E-state index is -0.439. The first-order chi connectivity index (χ1) is 7.66. The fourth-order valence-corrected chi connectivity index (χ4v) is 1.65. The summed E-state index contributed by atoms with van der Waals surface area (Å²) in [6, 6.07) is 7.91. The number of anilines is 1. The van der Waals surface area contributed by atoms with Crippen LogP contribution in [-0.4, -0.2) is 31.9 Å². The third-order valence-electron chi connectivity index (χ3n) is 2.57. The Labute approximate surface area is 97.7 Å². The van der Waals surface area contributed by atoms with Crippen molar-refractivity contribution in [2.24, 2.45) is 0 Å². The standard InChI is InChI=1S/C13H21NO2/c1-4-16-10-9-14(3)13-8-6-5-7-12(13)11(2)15/h5-8,11,15H,4,9-10H2,1-3H3/t11-/m1/s1. The number of para-hydroxylation sites is 1. The van der Waals surface area contributed by atoms with Crippen LogP contribution in [0.4, 0.5) is 5.69 Å². The van der Waals surface area contributed by atoms with Crippen LogP contribution in [0.2, 0.25) is 0 Å². The molecule has 0 unspecified atom stereocenters. The highest BCUT2D eigenvalue weighted by molar-refractivity contribution is 5.53. The molecule has 16 heavy (non-hydrogen) atoms. The lowest BCUT2D eigenvalue weighted by molar-refractivity contribution is 0.154. The molecule has 1 aromatic carbocycles. The van der Waals surface area contributed by atoms with Gasteiger partial charge < -0.3 is 14.7 Å². The summed E-state index contributed by atoms with van der Waals surface area (Å²) >= 11 is 0. The minimum Gasteiger partial charge on any atom is -0.389 e. The molecule has 0 saturated heterocycles. The van der Waals surface area contributed by atoms with E-state index < -0.39 is 6.10 Å². The molecule has 0 fully saturated rings. The van der Waals surface area contributed by atoms with Crippen LogP contribution in [0.25, 0.3) is 0 Å². The van der Waals surface area contributed by atoms with Crippen molar-refractivity contribution >= 4 is 5.69 Å². The van der Waals surface area contributed by atoms with Crippen LogP contribution in [0.1, 0.15) is 25.5 Å². The van der Waals surface area contributed by atoms with Gasteiger partial charge in [-0.1, -0.05) is 18.2 Å². The summed E-state index contributed by atoms with van der Waals surface area (Å²) in [7, 11) is 2.01. The van der Waals surface area contributed by atoms with Gasteiger partial charge in [-0.05, 0) is 19.9 Å². The Bertz CT molecular complexity index is 313. The van der Waals surface area contributed by atoms with Gasteiger partial charge in [0.05, 0.1) is 12.7 Å². The number of benzene rings is 1. The van der Waals surface area contributed by atoms with Crippen LogP contribution in [0.5, 0.6) is 0 Å². The molecule has 0 aliphatic rings. The maximum Gasteiger partial charge on any atom is 0.0781 e. The van der Waals surface area contributed by atoms with E-state index in [1.54, 1.807) is 6.92 Å². The van der Waals surface area contributed by atoms with Gasteiger partial charge >= 0.3 is 0 Å². The predicted octanol–water partition coefficient (Wildman–Crippen LogP) is 2.21. The van der Waals surface area contributed by atoms with Crippen molar-refractivity contribution < 1.29 is 9.84 Å². The van der Waals surface area contributed by atoms with E-state index >= 15 is 0 Å². The average molecular weight is 223 g/mol. The summed E-state index contributed by atoms with van der Waals surface area (Å²) < 4.78 is 5.32. The van der Waals surface area contributed by atoms with E-state index in [9.17, 15) is 5.11 Å². The quantitative estimate of drug-likeness (QED) is 0.751. The fourth-order valence-electron chi connectivity index (χ4n) is 1.65. The van der Waals surface area contributed by atoms with Gasteiger partial charge in [0.2, 0.25) is 0 Å². The molecule has 90 valence electrons.